The summed E-state index contributed by atoms with van der Waals surface area (Å²) in [6.07, 6.45) is 2.50. The fourth-order valence-electron chi connectivity index (χ4n) is 1.86. The molecule has 0 saturated carbocycles. The van der Waals surface area contributed by atoms with E-state index < -0.39 is 11.4 Å². The Morgan fingerprint density at radius 3 is 2.55 bits per heavy atom. The second-order valence-corrected chi connectivity index (χ2v) is 6.60. The predicted molar refractivity (Wildman–Crippen MR) is 81.4 cm³/mol. The van der Waals surface area contributed by atoms with Gasteiger partial charge in [-0.2, -0.15) is 0 Å². The first-order chi connectivity index (χ1) is 9.34. The number of hydrogen-bond donors (Lipinski definition) is 2. The molecule has 5 heteroatoms. The molecule has 20 heavy (non-hydrogen) atoms. The zero-order valence-electron chi connectivity index (χ0n) is 12.6. The maximum absolute atomic E-state index is 12.1. The smallest absolute Gasteiger partial charge is 0.311 e. The van der Waals surface area contributed by atoms with Crippen LogP contribution < -0.4 is 5.32 Å². The molecule has 0 spiro atoms. The fourth-order valence-corrected chi connectivity index (χ4v) is 2.85. The van der Waals surface area contributed by atoms with Gasteiger partial charge in [-0.05, 0) is 38.3 Å². The summed E-state index contributed by atoms with van der Waals surface area (Å²) in [5, 5.41) is 11.9. The number of carbonyl (C=O) groups is 2. The van der Waals surface area contributed by atoms with Crippen molar-refractivity contribution >= 4 is 23.2 Å². The topological polar surface area (TPSA) is 66.4 Å². The SMILES string of the molecule is CCCc1cc(C(=O)NCC(C)(CC)C(=O)O)sc1C. The number of carboxylic acids is 1. The summed E-state index contributed by atoms with van der Waals surface area (Å²) in [7, 11) is 0. The van der Waals surface area contributed by atoms with Crippen LogP contribution >= 0.6 is 11.3 Å². The van der Waals surface area contributed by atoms with Crippen molar-refractivity contribution in [2.45, 2.75) is 47.0 Å². The number of amides is 1. The van der Waals surface area contributed by atoms with Crippen molar-refractivity contribution in [3.05, 3.63) is 21.4 Å². The lowest BCUT2D eigenvalue weighted by molar-refractivity contribution is -0.147. The molecule has 1 amide bonds. The Morgan fingerprint density at radius 1 is 1.40 bits per heavy atom. The van der Waals surface area contributed by atoms with Gasteiger partial charge in [0.25, 0.3) is 5.91 Å². The van der Waals surface area contributed by atoms with E-state index in [0.717, 1.165) is 17.7 Å². The highest BCUT2D eigenvalue weighted by atomic mass is 32.1. The number of rotatable bonds is 7. The highest BCUT2D eigenvalue weighted by Crippen LogP contribution is 2.24. The number of hydrogen-bond acceptors (Lipinski definition) is 3. The Morgan fingerprint density at radius 2 is 2.05 bits per heavy atom. The molecule has 0 fully saturated rings. The molecule has 0 aliphatic carbocycles. The van der Waals surface area contributed by atoms with Crippen LogP contribution in [-0.2, 0) is 11.2 Å². The Hall–Kier alpha value is -1.36. The molecule has 1 heterocycles. The van der Waals surface area contributed by atoms with Gasteiger partial charge in [-0.25, -0.2) is 0 Å². The Kier molecular flexibility index (Phi) is 5.74. The van der Waals surface area contributed by atoms with E-state index in [0.29, 0.717) is 11.3 Å². The van der Waals surface area contributed by atoms with Gasteiger partial charge < -0.3 is 10.4 Å². The molecule has 0 saturated heterocycles. The lowest BCUT2D eigenvalue weighted by Crippen LogP contribution is -2.40. The van der Waals surface area contributed by atoms with Crippen LogP contribution in [0.2, 0.25) is 0 Å². The average molecular weight is 297 g/mol. The van der Waals surface area contributed by atoms with Crippen molar-refractivity contribution in [3.63, 3.8) is 0 Å². The van der Waals surface area contributed by atoms with Crippen molar-refractivity contribution in [2.75, 3.05) is 6.54 Å². The van der Waals surface area contributed by atoms with Crippen LogP contribution in [0.25, 0.3) is 0 Å². The molecule has 1 rings (SSSR count). The molecule has 1 aromatic rings. The quantitative estimate of drug-likeness (QED) is 0.812. The normalized spacial score (nSPS) is 13.8. The van der Waals surface area contributed by atoms with Crippen LogP contribution in [0.4, 0.5) is 0 Å². The summed E-state index contributed by atoms with van der Waals surface area (Å²) < 4.78 is 0. The molecule has 0 aliphatic heterocycles. The van der Waals surface area contributed by atoms with Crippen LogP contribution in [-0.4, -0.2) is 23.5 Å². The first-order valence-corrected chi connectivity index (χ1v) is 7.76. The van der Waals surface area contributed by atoms with Crippen LogP contribution in [0, 0.1) is 12.3 Å². The highest BCUT2D eigenvalue weighted by molar-refractivity contribution is 7.14. The lowest BCUT2D eigenvalue weighted by atomic mass is 9.88. The minimum absolute atomic E-state index is 0.151. The summed E-state index contributed by atoms with van der Waals surface area (Å²) in [4.78, 5) is 25.1. The van der Waals surface area contributed by atoms with Crippen LogP contribution in [0.15, 0.2) is 6.07 Å². The number of carboxylic acid groups (broad SMARTS) is 1. The summed E-state index contributed by atoms with van der Waals surface area (Å²) >= 11 is 1.47. The third-order valence-corrected chi connectivity index (χ3v) is 4.79. The molecule has 0 aliphatic rings. The van der Waals surface area contributed by atoms with E-state index >= 15 is 0 Å². The number of carbonyl (C=O) groups excluding carboxylic acids is 1. The third-order valence-electron chi connectivity index (χ3n) is 3.70. The van der Waals surface area contributed by atoms with Crippen molar-refractivity contribution in [1.29, 1.82) is 0 Å². The van der Waals surface area contributed by atoms with Gasteiger partial charge in [0.05, 0.1) is 10.3 Å². The van der Waals surface area contributed by atoms with Crippen LogP contribution in [0.1, 0.15) is 53.7 Å². The van der Waals surface area contributed by atoms with E-state index in [1.165, 1.54) is 16.9 Å². The third kappa shape index (κ3) is 3.82. The van der Waals surface area contributed by atoms with Crippen molar-refractivity contribution < 1.29 is 14.7 Å². The largest absolute Gasteiger partial charge is 0.481 e. The van der Waals surface area contributed by atoms with Crippen molar-refractivity contribution in [2.24, 2.45) is 5.41 Å². The highest BCUT2D eigenvalue weighted by Gasteiger charge is 2.31. The fraction of sp³-hybridized carbons (Fsp3) is 0.600. The Labute approximate surface area is 124 Å². The molecule has 0 bridgehead atoms. The number of aliphatic carboxylic acids is 1. The maximum Gasteiger partial charge on any atom is 0.311 e. The molecule has 0 radical (unpaired) electrons. The molecule has 1 aromatic heterocycles. The summed E-state index contributed by atoms with van der Waals surface area (Å²) in [5.41, 5.74) is 0.299. The Balaban J connectivity index is 2.72. The molecule has 1 unspecified atom stereocenters. The number of nitrogens with one attached hydrogen (secondary N) is 1. The predicted octanol–water partition coefficient (Wildman–Crippen LogP) is 3.24. The monoisotopic (exact) mass is 297 g/mol. The molecule has 2 N–H and O–H groups in total. The van der Waals surface area contributed by atoms with E-state index in [2.05, 4.69) is 12.2 Å². The van der Waals surface area contributed by atoms with Gasteiger partial charge in [0.15, 0.2) is 0 Å². The molecule has 4 nitrogen and oxygen atoms in total. The summed E-state index contributed by atoms with van der Waals surface area (Å²) in [6, 6.07) is 1.92. The lowest BCUT2D eigenvalue weighted by Gasteiger charge is -2.22. The second kappa shape index (κ2) is 6.88. The van der Waals surface area contributed by atoms with E-state index in [1.807, 2.05) is 19.9 Å². The standard InChI is InChI=1S/C15H23NO3S/c1-5-7-11-8-12(20-10(11)3)13(17)16-9-15(4,6-2)14(18)19/h8H,5-7,9H2,1-4H3,(H,16,17)(H,18,19). The first-order valence-electron chi connectivity index (χ1n) is 6.95. The van der Waals surface area contributed by atoms with Crippen molar-refractivity contribution in [3.8, 4) is 0 Å². The van der Waals surface area contributed by atoms with Gasteiger partial charge in [0.1, 0.15) is 0 Å². The zero-order valence-corrected chi connectivity index (χ0v) is 13.4. The minimum atomic E-state index is -0.909. The number of aryl methyl sites for hydroxylation is 2. The molecular weight excluding hydrogens is 274 g/mol. The van der Waals surface area contributed by atoms with Gasteiger partial charge >= 0.3 is 5.97 Å². The minimum Gasteiger partial charge on any atom is -0.481 e. The summed E-state index contributed by atoms with van der Waals surface area (Å²) in [5.74, 6) is -1.06. The molecule has 112 valence electrons. The van der Waals surface area contributed by atoms with Gasteiger partial charge in [0, 0.05) is 11.4 Å². The van der Waals surface area contributed by atoms with Crippen molar-refractivity contribution in [1.82, 2.24) is 5.32 Å². The van der Waals surface area contributed by atoms with E-state index in [1.54, 1.807) is 6.92 Å². The van der Waals surface area contributed by atoms with Gasteiger partial charge in [-0.1, -0.05) is 20.3 Å². The van der Waals surface area contributed by atoms with E-state index in [-0.39, 0.29) is 12.5 Å². The number of thiophene rings is 1. The molecular formula is C15H23NO3S. The second-order valence-electron chi connectivity index (χ2n) is 5.34. The average Bonchev–Trinajstić information content (AvgIpc) is 2.77. The molecule has 0 aromatic carbocycles. The molecule has 1 atom stereocenters. The van der Waals surface area contributed by atoms with Gasteiger partial charge in [0.2, 0.25) is 0 Å². The summed E-state index contributed by atoms with van der Waals surface area (Å²) in [6.45, 7) is 7.74. The first kappa shape index (κ1) is 16.7. The van der Waals surface area contributed by atoms with E-state index in [9.17, 15) is 14.7 Å². The Bertz CT molecular complexity index is 495. The van der Waals surface area contributed by atoms with Gasteiger partial charge in [-0.3, -0.25) is 9.59 Å². The van der Waals surface area contributed by atoms with Crippen LogP contribution in [0.3, 0.4) is 0 Å². The van der Waals surface area contributed by atoms with Gasteiger partial charge in [-0.15, -0.1) is 11.3 Å². The van der Waals surface area contributed by atoms with E-state index in [4.69, 9.17) is 0 Å². The zero-order chi connectivity index (χ0) is 15.3. The maximum atomic E-state index is 12.1. The van der Waals surface area contributed by atoms with Crippen LogP contribution in [0.5, 0.6) is 0 Å².